The van der Waals surface area contributed by atoms with Crippen LogP contribution in [0, 0.1) is 0 Å². The number of hydrogen-bond acceptors (Lipinski definition) is 5. The van der Waals surface area contributed by atoms with Crippen molar-refractivity contribution < 1.29 is 22.1 Å². The van der Waals surface area contributed by atoms with Crippen LogP contribution < -0.4 is 14.2 Å². The van der Waals surface area contributed by atoms with Crippen LogP contribution in [0.1, 0.15) is 10.4 Å². The van der Waals surface area contributed by atoms with Gasteiger partial charge < -0.3 is 14.2 Å². The number of carbonyl (C=O) groups excluding carboxylic acids is 1. The summed E-state index contributed by atoms with van der Waals surface area (Å²) in [5.41, 5.74) is 0.364. The minimum Gasteiger partial charge on any atom is -0.497 e. The molecule has 0 heterocycles. The Morgan fingerprint density at radius 3 is 2.27 bits per heavy atom. The van der Waals surface area contributed by atoms with Crippen molar-refractivity contribution in [3.63, 3.8) is 0 Å². The van der Waals surface area contributed by atoms with Crippen molar-refractivity contribution >= 4 is 16.0 Å². The van der Waals surface area contributed by atoms with Crippen LogP contribution in [0.3, 0.4) is 0 Å². The van der Waals surface area contributed by atoms with E-state index < -0.39 is 10.1 Å². The number of rotatable bonds is 5. The van der Waals surface area contributed by atoms with Crippen LogP contribution in [-0.2, 0) is 10.1 Å². The molecule has 0 aromatic heterocycles. The number of methoxy groups -OCH3 is 1. The van der Waals surface area contributed by atoms with Gasteiger partial charge in [0.1, 0.15) is 16.4 Å². The van der Waals surface area contributed by atoms with Crippen LogP contribution in [0.4, 0.5) is 0 Å². The van der Waals surface area contributed by atoms with E-state index in [2.05, 4.69) is 5.32 Å². The summed E-state index contributed by atoms with van der Waals surface area (Å²) in [7, 11) is -0.999. The maximum Gasteiger partial charge on any atom is 0.339 e. The molecule has 22 heavy (non-hydrogen) atoms. The molecular weight excluding hydrogens is 306 g/mol. The second-order valence-electron chi connectivity index (χ2n) is 4.32. The number of carbonyl (C=O) groups is 1. The average molecular weight is 321 g/mol. The topological polar surface area (TPSA) is 81.7 Å². The minimum absolute atomic E-state index is 0.0389. The molecule has 0 fully saturated rings. The molecule has 0 saturated heterocycles. The molecule has 0 aliphatic heterocycles. The molecular formula is C15H15NO5S. The fourth-order valence-corrected chi connectivity index (χ4v) is 2.67. The maximum absolute atomic E-state index is 12.2. The van der Waals surface area contributed by atoms with Crippen molar-refractivity contribution in [3.05, 3.63) is 54.1 Å². The fourth-order valence-electron chi connectivity index (χ4n) is 1.75. The second-order valence-corrected chi connectivity index (χ2v) is 5.87. The summed E-state index contributed by atoms with van der Waals surface area (Å²) in [4.78, 5) is 11.4. The SMILES string of the molecule is CNC(=O)c1ccc(S(=O)(=O)Oc2cccc(OC)c2)cc1. The van der Waals surface area contributed by atoms with Gasteiger partial charge in [-0.3, -0.25) is 4.79 Å². The van der Waals surface area contributed by atoms with Crippen LogP contribution in [0.2, 0.25) is 0 Å². The zero-order valence-electron chi connectivity index (χ0n) is 12.1. The van der Waals surface area contributed by atoms with E-state index >= 15 is 0 Å². The summed E-state index contributed by atoms with van der Waals surface area (Å²) < 4.78 is 34.4. The van der Waals surface area contributed by atoms with Crippen LogP contribution in [0.25, 0.3) is 0 Å². The van der Waals surface area contributed by atoms with Crippen molar-refractivity contribution in [2.45, 2.75) is 4.90 Å². The highest BCUT2D eigenvalue weighted by Crippen LogP contribution is 2.23. The Balaban J connectivity index is 2.24. The Kier molecular flexibility index (Phi) is 4.67. The number of ether oxygens (including phenoxy) is 1. The standard InChI is InChI=1S/C15H15NO5S/c1-16-15(17)11-6-8-14(9-7-11)22(18,19)21-13-5-3-4-12(10-13)20-2/h3-10H,1-2H3,(H,16,17). The summed E-state index contributed by atoms with van der Waals surface area (Å²) in [5, 5.41) is 2.46. The zero-order valence-corrected chi connectivity index (χ0v) is 12.9. The van der Waals surface area contributed by atoms with Gasteiger partial charge in [-0.25, -0.2) is 0 Å². The first-order valence-corrected chi connectivity index (χ1v) is 7.78. The number of benzene rings is 2. The lowest BCUT2D eigenvalue weighted by molar-refractivity contribution is 0.0963. The van der Waals surface area contributed by atoms with Crippen molar-refractivity contribution in [1.82, 2.24) is 5.32 Å². The normalized spacial score (nSPS) is 10.8. The van der Waals surface area contributed by atoms with Gasteiger partial charge in [0.25, 0.3) is 5.91 Å². The van der Waals surface area contributed by atoms with Crippen LogP contribution in [0.15, 0.2) is 53.4 Å². The van der Waals surface area contributed by atoms with Gasteiger partial charge in [0.15, 0.2) is 0 Å². The third-order valence-corrected chi connectivity index (χ3v) is 4.14. The smallest absolute Gasteiger partial charge is 0.339 e. The molecule has 7 heteroatoms. The molecule has 2 rings (SSSR count). The van der Waals surface area contributed by atoms with Crippen molar-refractivity contribution in [2.75, 3.05) is 14.2 Å². The highest BCUT2D eigenvalue weighted by atomic mass is 32.2. The van der Waals surface area contributed by atoms with Crippen molar-refractivity contribution in [3.8, 4) is 11.5 Å². The average Bonchev–Trinajstić information content (AvgIpc) is 2.54. The third-order valence-electron chi connectivity index (χ3n) is 2.88. The highest BCUT2D eigenvalue weighted by molar-refractivity contribution is 7.87. The first kappa shape index (κ1) is 15.8. The van der Waals surface area contributed by atoms with Gasteiger partial charge in [0.05, 0.1) is 7.11 Å². The summed E-state index contributed by atoms with van der Waals surface area (Å²) >= 11 is 0. The van der Waals surface area contributed by atoms with E-state index in [-0.39, 0.29) is 16.6 Å². The largest absolute Gasteiger partial charge is 0.497 e. The quantitative estimate of drug-likeness (QED) is 0.850. The molecule has 2 aromatic rings. The Morgan fingerprint density at radius 2 is 1.68 bits per heavy atom. The molecule has 0 aliphatic carbocycles. The maximum atomic E-state index is 12.2. The van der Waals surface area contributed by atoms with Crippen LogP contribution in [0.5, 0.6) is 11.5 Å². The van der Waals surface area contributed by atoms with E-state index in [0.717, 1.165) is 0 Å². The summed E-state index contributed by atoms with van der Waals surface area (Å²) in [6, 6.07) is 11.8. The molecule has 2 aromatic carbocycles. The van der Waals surface area contributed by atoms with Gasteiger partial charge in [0.2, 0.25) is 0 Å². The van der Waals surface area contributed by atoms with Gasteiger partial charge in [-0.1, -0.05) is 6.07 Å². The lowest BCUT2D eigenvalue weighted by atomic mass is 10.2. The van der Waals surface area contributed by atoms with Gasteiger partial charge in [-0.05, 0) is 36.4 Å². The van der Waals surface area contributed by atoms with E-state index in [9.17, 15) is 13.2 Å². The van der Waals surface area contributed by atoms with E-state index in [1.54, 1.807) is 12.1 Å². The Morgan fingerprint density at radius 1 is 1.05 bits per heavy atom. The lowest BCUT2D eigenvalue weighted by Gasteiger charge is -2.08. The molecule has 0 atom stereocenters. The Bertz CT molecular complexity index is 769. The van der Waals surface area contributed by atoms with Crippen molar-refractivity contribution in [1.29, 1.82) is 0 Å². The predicted molar refractivity (Wildman–Crippen MR) is 80.6 cm³/mol. The number of amides is 1. The van der Waals surface area contributed by atoms with Crippen molar-refractivity contribution in [2.24, 2.45) is 0 Å². The monoisotopic (exact) mass is 321 g/mol. The summed E-state index contributed by atoms with van der Waals surface area (Å²) in [6.07, 6.45) is 0. The molecule has 0 unspecified atom stereocenters. The highest BCUT2D eigenvalue weighted by Gasteiger charge is 2.17. The fraction of sp³-hybridized carbons (Fsp3) is 0.133. The van der Waals surface area contributed by atoms with Crippen LogP contribution >= 0.6 is 0 Å². The molecule has 1 N–H and O–H groups in total. The lowest BCUT2D eigenvalue weighted by Crippen LogP contribution is -2.18. The Hall–Kier alpha value is -2.54. The van der Waals surface area contributed by atoms with Gasteiger partial charge in [-0.2, -0.15) is 8.42 Å². The molecule has 0 bridgehead atoms. The predicted octanol–water partition coefficient (Wildman–Crippen LogP) is 1.82. The van der Waals surface area contributed by atoms with Crippen LogP contribution in [-0.4, -0.2) is 28.5 Å². The molecule has 0 spiro atoms. The van der Waals surface area contributed by atoms with Gasteiger partial charge in [-0.15, -0.1) is 0 Å². The first-order valence-electron chi connectivity index (χ1n) is 6.37. The molecule has 0 radical (unpaired) electrons. The minimum atomic E-state index is -3.97. The van der Waals surface area contributed by atoms with E-state index in [0.29, 0.717) is 11.3 Å². The molecule has 0 saturated carbocycles. The Labute approximate surface area is 128 Å². The second kappa shape index (κ2) is 6.48. The summed E-state index contributed by atoms with van der Waals surface area (Å²) in [6.45, 7) is 0. The number of hydrogen-bond donors (Lipinski definition) is 1. The molecule has 6 nitrogen and oxygen atoms in total. The van der Waals surface area contributed by atoms with Gasteiger partial charge in [0, 0.05) is 18.7 Å². The molecule has 1 amide bonds. The zero-order chi connectivity index (χ0) is 16.2. The van der Waals surface area contributed by atoms with Gasteiger partial charge >= 0.3 is 10.1 Å². The number of nitrogens with one attached hydrogen (secondary N) is 1. The van der Waals surface area contributed by atoms with E-state index in [1.165, 1.54) is 50.6 Å². The molecule has 116 valence electrons. The van der Waals surface area contributed by atoms with E-state index in [4.69, 9.17) is 8.92 Å². The van der Waals surface area contributed by atoms with E-state index in [1.807, 2.05) is 0 Å². The first-order chi connectivity index (χ1) is 10.5. The summed E-state index contributed by atoms with van der Waals surface area (Å²) in [5.74, 6) is 0.343. The third kappa shape index (κ3) is 3.56. The molecule has 0 aliphatic rings.